The molecule has 0 aliphatic rings. The van der Waals surface area contributed by atoms with E-state index < -0.39 is 0 Å². The quantitative estimate of drug-likeness (QED) is 0.805. The van der Waals surface area contributed by atoms with Crippen molar-refractivity contribution in [2.45, 2.75) is 20.0 Å². The van der Waals surface area contributed by atoms with Gasteiger partial charge in [0, 0.05) is 11.9 Å². The van der Waals surface area contributed by atoms with Gasteiger partial charge in [0.15, 0.2) is 0 Å². The van der Waals surface area contributed by atoms with Gasteiger partial charge in [0.05, 0.1) is 11.7 Å². The van der Waals surface area contributed by atoms with Crippen LogP contribution in [0.5, 0.6) is 0 Å². The Morgan fingerprint density at radius 2 is 2.00 bits per heavy atom. The van der Waals surface area contributed by atoms with Crippen molar-refractivity contribution in [1.29, 1.82) is 0 Å². The highest BCUT2D eigenvalue weighted by Gasteiger charge is 2.07. The van der Waals surface area contributed by atoms with E-state index in [-0.39, 0.29) is 18.3 Å². The topological polar surface area (TPSA) is 46.9 Å². The van der Waals surface area contributed by atoms with Crippen LogP contribution in [0, 0.1) is 12.7 Å². The number of amides is 1. The third-order valence-corrected chi connectivity index (χ3v) is 3.50. The summed E-state index contributed by atoms with van der Waals surface area (Å²) >= 11 is 0. The molecule has 4 nitrogen and oxygen atoms in total. The normalized spacial score (nSPS) is 10.8. The molecule has 1 aromatic heterocycles. The second-order valence-corrected chi connectivity index (χ2v) is 5.27. The summed E-state index contributed by atoms with van der Waals surface area (Å²) in [7, 11) is 0. The molecule has 1 N–H and O–H groups in total. The number of fused-ring (bicyclic) bond motifs is 1. The number of nitrogens with one attached hydrogen (secondary N) is 1. The number of hydrogen-bond donors (Lipinski definition) is 1. The highest BCUT2D eigenvalue weighted by molar-refractivity contribution is 5.82. The van der Waals surface area contributed by atoms with E-state index in [9.17, 15) is 9.18 Å². The molecule has 0 bridgehead atoms. The minimum Gasteiger partial charge on any atom is -0.350 e. The molecule has 0 aliphatic heterocycles. The molecule has 0 atom stereocenters. The van der Waals surface area contributed by atoms with Crippen LogP contribution in [0.25, 0.3) is 10.9 Å². The van der Waals surface area contributed by atoms with Gasteiger partial charge in [0.2, 0.25) is 5.91 Å². The van der Waals surface area contributed by atoms with E-state index in [0.717, 1.165) is 22.0 Å². The zero-order valence-electron chi connectivity index (χ0n) is 12.2. The van der Waals surface area contributed by atoms with E-state index in [1.54, 1.807) is 23.0 Å². The molecule has 112 valence electrons. The number of aryl methyl sites for hydroxylation is 1. The molecule has 2 aromatic carbocycles. The van der Waals surface area contributed by atoms with Crippen LogP contribution in [0.3, 0.4) is 0 Å². The summed E-state index contributed by atoms with van der Waals surface area (Å²) in [6.45, 7) is 2.54. The van der Waals surface area contributed by atoms with Crippen LogP contribution in [0.4, 0.5) is 4.39 Å². The molecule has 1 amide bonds. The third-order valence-electron chi connectivity index (χ3n) is 3.50. The largest absolute Gasteiger partial charge is 0.350 e. The molecule has 3 rings (SSSR count). The third kappa shape index (κ3) is 3.14. The summed E-state index contributed by atoms with van der Waals surface area (Å²) in [6, 6.07) is 12.1. The monoisotopic (exact) mass is 297 g/mol. The fraction of sp³-hybridized carbons (Fsp3) is 0.176. The molecule has 0 saturated heterocycles. The van der Waals surface area contributed by atoms with Crippen molar-refractivity contribution in [3.05, 3.63) is 65.6 Å². The Kier molecular flexibility index (Phi) is 3.87. The fourth-order valence-corrected chi connectivity index (χ4v) is 2.30. The van der Waals surface area contributed by atoms with E-state index in [4.69, 9.17) is 0 Å². The molecule has 0 aliphatic carbocycles. The lowest BCUT2D eigenvalue weighted by Gasteiger charge is -2.07. The molecule has 22 heavy (non-hydrogen) atoms. The Morgan fingerprint density at radius 1 is 1.23 bits per heavy atom. The first kappa shape index (κ1) is 14.3. The summed E-state index contributed by atoms with van der Waals surface area (Å²) in [5.41, 5.74) is 2.92. The number of carbonyl (C=O) groups excluding carboxylic acids is 1. The van der Waals surface area contributed by atoms with Gasteiger partial charge >= 0.3 is 0 Å². The molecular weight excluding hydrogens is 281 g/mol. The summed E-state index contributed by atoms with van der Waals surface area (Å²) in [5.74, 6) is -0.413. The van der Waals surface area contributed by atoms with Gasteiger partial charge in [-0.25, -0.2) is 4.39 Å². The van der Waals surface area contributed by atoms with Crippen molar-refractivity contribution >= 4 is 16.8 Å². The smallest absolute Gasteiger partial charge is 0.242 e. The maximum absolute atomic E-state index is 12.8. The number of halogens is 1. The highest BCUT2D eigenvalue weighted by atomic mass is 19.1. The van der Waals surface area contributed by atoms with Crippen LogP contribution >= 0.6 is 0 Å². The van der Waals surface area contributed by atoms with E-state index in [2.05, 4.69) is 10.4 Å². The predicted octanol–water partition coefficient (Wildman–Crippen LogP) is 2.80. The van der Waals surface area contributed by atoms with Gasteiger partial charge in [-0.15, -0.1) is 0 Å². The number of nitrogens with zero attached hydrogens (tertiary/aromatic N) is 2. The van der Waals surface area contributed by atoms with E-state index in [1.807, 2.05) is 25.1 Å². The van der Waals surface area contributed by atoms with Crippen molar-refractivity contribution in [3.63, 3.8) is 0 Å². The van der Waals surface area contributed by atoms with Crippen LogP contribution in [0.1, 0.15) is 11.1 Å². The molecule has 0 fully saturated rings. The maximum atomic E-state index is 12.8. The van der Waals surface area contributed by atoms with Gasteiger partial charge in [-0.2, -0.15) is 5.10 Å². The highest BCUT2D eigenvalue weighted by Crippen LogP contribution is 2.15. The Balaban J connectivity index is 1.65. The average Bonchev–Trinajstić information content (AvgIpc) is 2.89. The summed E-state index contributed by atoms with van der Waals surface area (Å²) < 4.78 is 14.5. The van der Waals surface area contributed by atoms with Crippen LogP contribution in [0.15, 0.2) is 48.7 Å². The molecule has 0 unspecified atom stereocenters. The second-order valence-electron chi connectivity index (χ2n) is 5.27. The van der Waals surface area contributed by atoms with Crippen molar-refractivity contribution in [3.8, 4) is 0 Å². The van der Waals surface area contributed by atoms with Crippen molar-refractivity contribution in [1.82, 2.24) is 15.1 Å². The first-order valence-corrected chi connectivity index (χ1v) is 7.05. The molecule has 0 radical (unpaired) electrons. The lowest BCUT2D eigenvalue weighted by Crippen LogP contribution is -2.27. The van der Waals surface area contributed by atoms with Gasteiger partial charge in [-0.05, 0) is 36.2 Å². The van der Waals surface area contributed by atoms with Crippen LogP contribution in [0.2, 0.25) is 0 Å². The minimum atomic E-state index is -0.284. The van der Waals surface area contributed by atoms with Crippen molar-refractivity contribution in [2.24, 2.45) is 0 Å². The Morgan fingerprint density at radius 3 is 2.77 bits per heavy atom. The Bertz CT molecular complexity index is 808. The first-order valence-electron chi connectivity index (χ1n) is 7.05. The molecular formula is C17H16FN3O. The fourth-order valence-electron chi connectivity index (χ4n) is 2.30. The Labute approximate surface area is 127 Å². The van der Waals surface area contributed by atoms with Gasteiger partial charge in [-0.3, -0.25) is 9.48 Å². The SMILES string of the molecule is Cc1ccc2cnn(CC(=O)NCc3ccc(F)cc3)c2c1. The first-order chi connectivity index (χ1) is 10.6. The molecule has 0 saturated carbocycles. The van der Waals surface area contributed by atoms with Crippen LogP contribution < -0.4 is 5.32 Å². The van der Waals surface area contributed by atoms with Crippen LogP contribution in [-0.4, -0.2) is 15.7 Å². The zero-order chi connectivity index (χ0) is 15.5. The van der Waals surface area contributed by atoms with Crippen LogP contribution in [-0.2, 0) is 17.9 Å². The number of carbonyl (C=O) groups is 1. The number of hydrogen-bond acceptors (Lipinski definition) is 2. The van der Waals surface area contributed by atoms with Gasteiger partial charge in [0.25, 0.3) is 0 Å². The molecule has 3 aromatic rings. The van der Waals surface area contributed by atoms with E-state index >= 15 is 0 Å². The van der Waals surface area contributed by atoms with Gasteiger partial charge < -0.3 is 5.32 Å². The summed E-state index contributed by atoms with van der Waals surface area (Å²) in [5, 5.41) is 8.07. The van der Waals surface area contributed by atoms with Gasteiger partial charge in [-0.1, -0.05) is 24.3 Å². The average molecular weight is 297 g/mol. The van der Waals surface area contributed by atoms with E-state index in [1.165, 1.54) is 12.1 Å². The zero-order valence-corrected chi connectivity index (χ0v) is 12.2. The lowest BCUT2D eigenvalue weighted by atomic mass is 10.2. The molecule has 5 heteroatoms. The summed E-state index contributed by atoms with van der Waals surface area (Å²) in [4.78, 5) is 12.0. The van der Waals surface area contributed by atoms with Crippen molar-refractivity contribution in [2.75, 3.05) is 0 Å². The number of benzene rings is 2. The maximum Gasteiger partial charge on any atom is 0.242 e. The standard InChI is InChI=1S/C17H16FN3O/c1-12-2-5-14-10-20-21(16(14)8-12)11-17(22)19-9-13-3-6-15(18)7-4-13/h2-8,10H,9,11H2,1H3,(H,19,22). The molecule has 1 heterocycles. The minimum absolute atomic E-state index is 0.129. The predicted molar refractivity (Wildman–Crippen MR) is 82.7 cm³/mol. The number of aromatic nitrogens is 2. The Hall–Kier alpha value is -2.69. The molecule has 0 spiro atoms. The van der Waals surface area contributed by atoms with Gasteiger partial charge in [0.1, 0.15) is 12.4 Å². The van der Waals surface area contributed by atoms with E-state index in [0.29, 0.717) is 6.54 Å². The number of rotatable bonds is 4. The van der Waals surface area contributed by atoms with Crippen molar-refractivity contribution < 1.29 is 9.18 Å². The lowest BCUT2D eigenvalue weighted by molar-refractivity contribution is -0.121. The summed E-state index contributed by atoms with van der Waals surface area (Å²) in [6.07, 6.45) is 1.75. The second kappa shape index (κ2) is 5.97.